The molecule has 0 spiro atoms. The van der Waals surface area contributed by atoms with Gasteiger partial charge in [-0.3, -0.25) is 9.59 Å². The third kappa shape index (κ3) is 7.20. The third-order valence-electron chi connectivity index (χ3n) is 2.42. The number of carbonyl (C=O) groups excluding carboxylic acids is 2. The number of alkyl halides is 2. The maximum absolute atomic E-state index is 11.7. The van der Waals surface area contributed by atoms with Crippen molar-refractivity contribution in [3.8, 4) is 11.5 Å². The van der Waals surface area contributed by atoms with E-state index >= 15 is 0 Å². The van der Waals surface area contributed by atoms with Crippen LogP contribution in [0.15, 0.2) is 24.3 Å². The van der Waals surface area contributed by atoms with Crippen LogP contribution in [-0.4, -0.2) is 30.5 Å². The molecule has 0 radical (unpaired) electrons. The Balaban J connectivity index is 2.30. The molecule has 0 bridgehead atoms. The normalized spacial score (nSPS) is 10.3. The fraction of sp³-hybridized carbons (Fsp3) is 0.429. The highest BCUT2D eigenvalue weighted by Gasteiger charge is 2.11. The second-order valence-corrected chi connectivity index (χ2v) is 5.33. The molecule has 1 rings (SSSR count). The fourth-order valence-corrected chi connectivity index (χ4v) is 1.61. The first-order valence-electron chi connectivity index (χ1n) is 6.30. The topological polar surface area (TPSA) is 61.8 Å². The number of rotatable bonds is 8. The van der Waals surface area contributed by atoms with Crippen LogP contribution in [0.5, 0.6) is 11.5 Å². The van der Waals surface area contributed by atoms with Gasteiger partial charge in [0.05, 0.1) is 7.11 Å². The summed E-state index contributed by atoms with van der Waals surface area (Å²) in [5, 5.41) is 0. The van der Waals surface area contributed by atoms with Crippen molar-refractivity contribution in [1.29, 1.82) is 0 Å². The van der Waals surface area contributed by atoms with E-state index in [4.69, 9.17) is 37.4 Å². The number of hydrogen-bond acceptors (Lipinski definition) is 5. The average Bonchev–Trinajstić information content (AvgIpc) is 2.45. The van der Waals surface area contributed by atoms with Crippen LogP contribution in [0.4, 0.5) is 0 Å². The summed E-state index contributed by atoms with van der Waals surface area (Å²) in [6.45, 7) is -0.0619. The minimum atomic E-state index is -0.746. The van der Waals surface area contributed by atoms with Gasteiger partial charge in [-0.15, -0.1) is 23.2 Å². The molecule has 0 aliphatic carbocycles. The van der Waals surface area contributed by atoms with E-state index in [0.717, 1.165) is 0 Å². The van der Waals surface area contributed by atoms with Crippen LogP contribution < -0.4 is 9.47 Å². The van der Waals surface area contributed by atoms with Crippen molar-refractivity contribution in [2.45, 2.75) is 24.1 Å². The van der Waals surface area contributed by atoms with Gasteiger partial charge in [0.2, 0.25) is 0 Å². The van der Waals surface area contributed by atoms with Crippen LogP contribution >= 0.6 is 23.2 Å². The van der Waals surface area contributed by atoms with Gasteiger partial charge in [0, 0.05) is 12.8 Å². The SMILES string of the molecule is COc1ccccc1OC(=O)CCCC(=O)OCC(Cl)Cl. The molecule has 0 saturated carbocycles. The second-order valence-electron chi connectivity index (χ2n) is 4.05. The van der Waals surface area contributed by atoms with Crippen molar-refractivity contribution >= 4 is 35.1 Å². The van der Waals surface area contributed by atoms with Crippen LogP contribution in [0.2, 0.25) is 0 Å². The highest BCUT2D eigenvalue weighted by molar-refractivity contribution is 6.44. The molecule has 5 nitrogen and oxygen atoms in total. The predicted molar refractivity (Wildman–Crippen MR) is 78.9 cm³/mol. The van der Waals surface area contributed by atoms with Crippen molar-refractivity contribution in [3.05, 3.63) is 24.3 Å². The van der Waals surface area contributed by atoms with Gasteiger partial charge in [-0.05, 0) is 18.6 Å². The molecule has 116 valence electrons. The molecule has 0 aliphatic rings. The van der Waals surface area contributed by atoms with Crippen LogP contribution in [0.1, 0.15) is 19.3 Å². The van der Waals surface area contributed by atoms with Gasteiger partial charge in [0.25, 0.3) is 0 Å². The molecular weight excluding hydrogens is 319 g/mol. The first-order valence-corrected chi connectivity index (χ1v) is 7.17. The van der Waals surface area contributed by atoms with E-state index in [1.165, 1.54) is 7.11 Å². The Bertz CT molecular complexity index is 476. The molecule has 0 saturated heterocycles. The molecule has 7 heteroatoms. The Morgan fingerprint density at radius 2 is 1.71 bits per heavy atom. The molecular formula is C14H16Cl2O5. The molecule has 0 aliphatic heterocycles. The first-order chi connectivity index (χ1) is 10.0. The average molecular weight is 335 g/mol. The summed E-state index contributed by atoms with van der Waals surface area (Å²) in [5.74, 6) is -0.0773. The van der Waals surface area contributed by atoms with E-state index in [-0.39, 0.29) is 19.4 Å². The minimum Gasteiger partial charge on any atom is -0.493 e. The second kappa shape index (κ2) is 9.47. The van der Waals surface area contributed by atoms with Crippen LogP contribution in [0.3, 0.4) is 0 Å². The molecule has 1 aromatic rings. The Hall–Kier alpha value is -1.46. The van der Waals surface area contributed by atoms with Crippen molar-refractivity contribution in [2.24, 2.45) is 0 Å². The zero-order valence-electron chi connectivity index (χ0n) is 11.5. The van der Waals surface area contributed by atoms with Crippen LogP contribution in [-0.2, 0) is 14.3 Å². The van der Waals surface area contributed by atoms with E-state index in [9.17, 15) is 9.59 Å². The number of ether oxygens (including phenoxy) is 3. The van der Waals surface area contributed by atoms with Gasteiger partial charge in [-0.1, -0.05) is 12.1 Å². The van der Waals surface area contributed by atoms with Crippen LogP contribution in [0.25, 0.3) is 0 Å². The van der Waals surface area contributed by atoms with E-state index in [1.54, 1.807) is 24.3 Å². The molecule has 0 amide bonds. The molecule has 1 aromatic carbocycles. The molecule has 0 N–H and O–H groups in total. The standard InChI is InChI=1S/C14H16Cl2O5/c1-19-10-5-2-3-6-11(10)21-14(18)8-4-7-13(17)20-9-12(15)16/h2-3,5-6,12H,4,7-9H2,1H3. The highest BCUT2D eigenvalue weighted by Crippen LogP contribution is 2.26. The smallest absolute Gasteiger partial charge is 0.311 e. The number of halogens is 2. The van der Waals surface area contributed by atoms with Gasteiger partial charge in [-0.25, -0.2) is 0 Å². The zero-order valence-corrected chi connectivity index (χ0v) is 13.0. The number of benzene rings is 1. The quantitative estimate of drug-likeness (QED) is 0.415. The Labute approximate surface area is 133 Å². The lowest BCUT2D eigenvalue weighted by Crippen LogP contribution is -2.12. The highest BCUT2D eigenvalue weighted by atomic mass is 35.5. The maximum atomic E-state index is 11.7. The molecule has 0 atom stereocenters. The molecule has 0 unspecified atom stereocenters. The monoisotopic (exact) mass is 334 g/mol. The van der Waals surface area contributed by atoms with Gasteiger partial charge >= 0.3 is 11.9 Å². The van der Waals surface area contributed by atoms with Crippen molar-refractivity contribution < 1.29 is 23.8 Å². The van der Waals surface area contributed by atoms with E-state index in [1.807, 2.05) is 0 Å². The first kappa shape index (κ1) is 17.6. The summed E-state index contributed by atoms with van der Waals surface area (Å²) in [6, 6.07) is 6.82. The number of para-hydroxylation sites is 2. The summed E-state index contributed by atoms with van der Waals surface area (Å²) in [4.78, 5) is 22.2. The Morgan fingerprint density at radius 3 is 2.33 bits per heavy atom. The molecule has 0 fully saturated rings. The Kier molecular flexibility index (Phi) is 7.93. The number of carbonyl (C=O) groups is 2. The third-order valence-corrected chi connectivity index (χ3v) is 2.68. The zero-order chi connectivity index (χ0) is 15.7. The maximum Gasteiger partial charge on any atom is 0.311 e. The lowest BCUT2D eigenvalue weighted by molar-refractivity contribution is -0.143. The predicted octanol–water partition coefficient (Wildman–Crippen LogP) is 3.12. The van der Waals surface area contributed by atoms with Crippen molar-refractivity contribution in [2.75, 3.05) is 13.7 Å². The van der Waals surface area contributed by atoms with Gasteiger partial charge < -0.3 is 14.2 Å². The summed E-state index contributed by atoms with van der Waals surface area (Å²) in [5.41, 5.74) is 0. The Morgan fingerprint density at radius 1 is 1.10 bits per heavy atom. The largest absolute Gasteiger partial charge is 0.493 e. The molecule has 0 heterocycles. The summed E-state index contributed by atoms with van der Waals surface area (Å²) in [6.07, 6.45) is 0.516. The van der Waals surface area contributed by atoms with E-state index in [2.05, 4.69) is 0 Å². The minimum absolute atomic E-state index is 0.0619. The van der Waals surface area contributed by atoms with Crippen molar-refractivity contribution in [3.63, 3.8) is 0 Å². The van der Waals surface area contributed by atoms with E-state index in [0.29, 0.717) is 17.9 Å². The van der Waals surface area contributed by atoms with E-state index < -0.39 is 16.8 Å². The van der Waals surface area contributed by atoms with Crippen LogP contribution in [0, 0.1) is 0 Å². The van der Waals surface area contributed by atoms with Crippen molar-refractivity contribution in [1.82, 2.24) is 0 Å². The summed E-state index contributed by atoms with van der Waals surface area (Å²) >= 11 is 10.9. The summed E-state index contributed by atoms with van der Waals surface area (Å²) < 4.78 is 15.0. The lowest BCUT2D eigenvalue weighted by Gasteiger charge is -2.08. The fourth-order valence-electron chi connectivity index (χ4n) is 1.48. The van der Waals surface area contributed by atoms with Gasteiger partial charge in [-0.2, -0.15) is 0 Å². The molecule has 0 aromatic heterocycles. The molecule has 21 heavy (non-hydrogen) atoms. The lowest BCUT2D eigenvalue weighted by atomic mass is 10.2. The van der Waals surface area contributed by atoms with Gasteiger partial charge in [0.15, 0.2) is 11.5 Å². The number of esters is 2. The number of hydrogen-bond donors (Lipinski definition) is 0. The van der Waals surface area contributed by atoms with Gasteiger partial charge in [0.1, 0.15) is 11.4 Å². The summed E-state index contributed by atoms with van der Waals surface area (Å²) in [7, 11) is 1.49. The number of methoxy groups -OCH3 is 1.